The van der Waals surface area contributed by atoms with Crippen LogP contribution in [0.4, 0.5) is 5.82 Å². The van der Waals surface area contributed by atoms with Crippen molar-refractivity contribution in [3.8, 4) is 11.8 Å². The van der Waals surface area contributed by atoms with Gasteiger partial charge >= 0.3 is 25.7 Å². The number of hydrogen-bond donors (Lipinski definition) is 2. The van der Waals surface area contributed by atoms with Crippen LogP contribution in [0.25, 0.3) is 5.52 Å². The van der Waals surface area contributed by atoms with Crippen LogP contribution in [-0.4, -0.2) is 76.0 Å². The Bertz CT molecular complexity index is 1710. The van der Waals surface area contributed by atoms with E-state index in [9.17, 15) is 29.0 Å². The van der Waals surface area contributed by atoms with Gasteiger partial charge in [-0.2, -0.15) is 15.4 Å². The van der Waals surface area contributed by atoms with Gasteiger partial charge in [-0.3, -0.25) is 23.7 Å². The Hall–Kier alpha value is -4.88. The Morgan fingerprint density at radius 3 is 2.41 bits per heavy atom. The number of fused-ring (bicyclic) bond motifs is 1. The van der Waals surface area contributed by atoms with Crippen LogP contribution < -0.4 is 14.9 Å². The van der Waals surface area contributed by atoms with Crippen molar-refractivity contribution in [3.05, 3.63) is 54.5 Å². The van der Waals surface area contributed by atoms with Crippen LogP contribution in [0.3, 0.4) is 0 Å². The fourth-order valence-electron chi connectivity index (χ4n) is 4.70. The third-order valence-corrected chi connectivity index (χ3v) is 8.19. The average Bonchev–Trinajstić information content (AvgIpc) is 3.55. The van der Waals surface area contributed by atoms with Crippen LogP contribution in [0.2, 0.25) is 0 Å². The topological polar surface area (TPSA) is 219 Å². The first-order chi connectivity index (χ1) is 21.8. The lowest BCUT2D eigenvalue weighted by atomic mass is 9.95. The van der Waals surface area contributed by atoms with E-state index in [1.165, 1.54) is 36.6 Å². The fraction of sp³-hybridized carbons (Fsp3) is 0.393. The number of aromatic nitrogens is 3. The molecular formula is C28H31N6O11P. The van der Waals surface area contributed by atoms with Crippen molar-refractivity contribution in [3.63, 3.8) is 0 Å². The summed E-state index contributed by atoms with van der Waals surface area (Å²) < 4.78 is 48.7. The zero-order valence-electron chi connectivity index (χ0n) is 25.4. The number of nitrogens with one attached hydrogen (secondary N) is 2. The van der Waals surface area contributed by atoms with Gasteiger partial charge < -0.3 is 28.8 Å². The molecule has 0 bridgehead atoms. The molecule has 2 N–H and O–H groups in total. The van der Waals surface area contributed by atoms with E-state index in [0.29, 0.717) is 5.52 Å². The van der Waals surface area contributed by atoms with Gasteiger partial charge in [-0.05, 0) is 31.2 Å². The molecule has 1 amide bonds. The molecule has 2 aromatic heterocycles. The van der Waals surface area contributed by atoms with E-state index >= 15 is 0 Å². The Morgan fingerprint density at radius 1 is 1.11 bits per heavy atom. The molecule has 0 spiro atoms. The largest absolute Gasteiger partial charge is 0.468 e. The van der Waals surface area contributed by atoms with Crippen LogP contribution in [0.15, 0.2) is 48.8 Å². The quantitative estimate of drug-likeness (QED) is 0.162. The number of ether oxygens (including phenoxy) is 4. The molecule has 244 valence electrons. The number of amides is 1. The molecule has 1 unspecified atom stereocenters. The molecule has 6 atom stereocenters. The maximum absolute atomic E-state index is 14.1. The molecule has 1 aliphatic heterocycles. The van der Waals surface area contributed by atoms with Gasteiger partial charge in [0, 0.05) is 20.8 Å². The second kappa shape index (κ2) is 14.0. The lowest BCUT2D eigenvalue weighted by Gasteiger charge is -2.30. The van der Waals surface area contributed by atoms with Gasteiger partial charge in [-0.15, -0.1) is 0 Å². The van der Waals surface area contributed by atoms with Gasteiger partial charge in [0.25, 0.3) is 0 Å². The van der Waals surface area contributed by atoms with Crippen molar-refractivity contribution in [1.29, 1.82) is 5.26 Å². The van der Waals surface area contributed by atoms with E-state index in [1.807, 2.05) is 6.07 Å². The number of benzene rings is 1. The number of carbonyl (C=O) groups excluding carboxylic acids is 4. The fourth-order valence-corrected chi connectivity index (χ4v) is 6.22. The van der Waals surface area contributed by atoms with Crippen LogP contribution in [0.5, 0.6) is 5.75 Å². The van der Waals surface area contributed by atoms with Crippen molar-refractivity contribution in [2.75, 3.05) is 19.0 Å². The second-order valence-corrected chi connectivity index (χ2v) is 11.7. The summed E-state index contributed by atoms with van der Waals surface area (Å²) in [5, 5.41) is 19.8. The first kappa shape index (κ1) is 34.0. The summed E-state index contributed by atoms with van der Waals surface area (Å²) in [6.45, 7) is 3.95. The third kappa shape index (κ3) is 7.49. The number of methoxy groups -OCH3 is 1. The molecule has 46 heavy (non-hydrogen) atoms. The zero-order valence-corrected chi connectivity index (χ0v) is 26.3. The Balaban J connectivity index is 1.77. The number of hydrogen-bond acceptors (Lipinski definition) is 14. The number of esters is 3. The summed E-state index contributed by atoms with van der Waals surface area (Å²) in [7, 11) is -3.38. The van der Waals surface area contributed by atoms with E-state index < -0.39 is 68.1 Å². The monoisotopic (exact) mass is 658 g/mol. The molecule has 1 aromatic carbocycles. The minimum absolute atomic E-state index is 0.0928. The van der Waals surface area contributed by atoms with Crippen molar-refractivity contribution in [2.24, 2.45) is 0 Å². The summed E-state index contributed by atoms with van der Waals surface area (Å²) in [4.78, 5) is 52.6. The lowest BCUT2D eigenvalue weighted by molar-refractivity contribution is -0.166. The number of carbonyl (C=O) groups is 4. The van der Waals surface area contributed by atoms with Crippen LogP contribution >= 0.6 is 7.75 Å². The Labute approximate surface area is 262 Å². The SMILES string of the molecule is COC(=O)[C@H](C)NP(=O)(OC[C@@]1(C#N)O[C@@H](c2ccc3c(NC(C)=O)ncnn23)[C@H](OC(C)=O)[C@@H]1OC(C)=O)Oc1ccccc1. The standard InChI is InChI=1S/C28H31N6O11P/c1-16(27(38)40-5)33-46(39,45-20-9-7-6-8-10-20)41-14-28(13-29)25(43-19(4)37)24(42-18(3)36)23(44-28)21-11-12-22-26(32-17(2)35)30-15-31-34(21)22/h6-12,15-16,23-25H,14H2,1-5H3,(H,33,39)(H,30,31,32,35)/t16-,23-,24-,25-,28+,46?/m0/s1. The van der Waals surface area contributed by atoms with Crippen molar-refractivity contribution in [1.82, 2.24) is 19.7 Å². The summed E-state index contributed by atoms with van der Waals surface area (Å²) >= 11 is 0. The molecule has 1 fully saturated rings. The van der Waals surface area contributed by atoms with E-state index in [2.05, 4.69) is 20.5 Å². The normalized spacial score (nSPS) is 22.6. The summed E-state index contributed by atoms with van der Waals surface area (Å²) in [6, 6.07) is 11.7. The van der Waals surface area contributed by atoms with E-state index in [4.69, 9.17) is 28.0 Å². The first-order valence-electron chi connectivity index (χ1n) is 13.7. The van der Waals surface area contributed by atoms with Crippen LogP contribution in [-0.2, 0) is 47.2 Å². The molecule has 0 saturated carbocycles. The van der Waals surface area contributed by atoms with Gasteiger partial charge in [-0.1, -0.05) is 18.2 Å². The molecular weight excluding hydrogens is 627 g/mol. The van der Waals surface area contributed by atoms with Crippen molar-refractivity contribution >= 4 is 42.9 Å². The maximum atomic E-state index is 14.1. The highest BCUT2D eigenvalue weighted by molar-refractivity contribution is 7.52. The number of nitrogens with zero attached hydrogens (tertiary/aromatic N) is 4. The van der Waals surface area contributed by atoms with E-state index in [-0.39, 0.29) is 17.3 Å². The maximum Gasteiger partial charge on any atom is 0.459 e. The van der Waals surface area contributed by atoms with Gasteiger partial charge in [-0.25, -0.2) is 14.1 Å². The molecule has 17 nitrogen and oxygen atoms in total. The van der Waals surface area contributed by atoms with E-state index in [1.54, 1.807) is 24.3 Å². The molecule has 1 saturated heterocycles. The summed E-state index contributed by atoms with van der Waals surface area (Å²) in [5.74, 6) is -2.59. The highest BCUT2D eigenvalue weighted by Crippen LogP contribution is 2.49. The Kier molecular flexibility index (Phi) is 10.4. The molecule has 3 aromatic rings. The molecule has 4 rings (SSSR count). The second-order valence-electron chi connectivity index (χ2n) is 10.0. The predicted molar refractivity (Wildman–Crippen MR) is 156 cm³/mol. The zero-order chi connectivity index (χ0) is 33.6. The minimum atomic E-state index is -4.52. The summed E-state index contributed by atoms with van der Waals surface area (Å²) in [5.41, 5.74) is -1.72. The van der Waals surface area contributed by atoms with Gasteiger partial charge in [0.1, 0.15) is 42.4 Å². The smallest absolute Gasteiger partial charge is 0.459 e. The molecule has 3 heterocycles. The van der Waals surface area contributed by atoms with Crippen LogP contribution in [0.1, 0.15) is 39.5 Å². The van der Waals surface area contributed by atoms with Gasteiger partial charge in [0.05, 0.1) is 12.8 Å². The van der Waals surface area contributed by atoms with Gasteiger partial charge in [0.15, 0.2) is 18.0 Å². The Morgan fingerprint density at radius 2 is 1.80 bits per heavy atom. The third-order valence-electron chi connectivity index (χ3n) is 6.57. The lowest BCUT2D eigenvalue weighted by Crippen LogP contribution is -2.49. The minimum Gasteiger partial charge on any atom is -0.468 e. The van der Waals surface area contributed by atoms with Crippen LogP contribution in [0, 0.1) is 11.3 Å². The van der Waals surface area contributed by atoms with E-state index in [0.717, 1.165) is 27.3 Å². The molecule has 18 heteroatoms. The predicted octanol–water partition coefficient (Wildman–Crippen LogP) is 2.24. The van der Waals surface area contributed by atoms with Crippen molar-refractivity contribution < 1.29 is 51.7 Å². The molecule has 1 aliphatic rings. The first-order valence-corrected chi connectivity index (χ1v) is 15.2. The number of anilines is 1. The highest BCUT2D eigenvalue weighted by atomic mass is 31.2. The number of nitriles is 1. The number of para-hydroxylation sites is 1. The summed E-state index contributed by atoms with van der Waals surface area (Å²) in [6.07, 6.45) is -3.24. The highest BCUT2D eigenvalue weighted by Gasteiger charge is 2.62. The van der Waals surface area contributed by atoms with Gasteiger partial charge in [0.2, 0.25) is 11.5 Å². The number of rotatable bonds is 12. The average molecular weight is 659 g/mol. The molecule has 0 aliphatic carbocycles. The van der Waals surface area contributed by atoms with Crippen molar-refractivity contribution in [2.45, 2.75) is 57.6 Å². The molecule has 0 radical (unpaired) electrons.